The van der Waals surface area contributed by atoms with Crippen molar-refractivity contribution >= 4 is 0 Å². The summed E-state index contributed by atoms with van der Waals surface area (Å²) in [7, 11) is 3.98. The summed E-state index contributed by atoms with van der Waals surface area (Å²) >= 11 is 0. The number of nitrogens with zero attached hydrogens (tertiary/aromatic N) is 2. The SMILES string of the molecule is CCN(CC)Cc1cc2c(cc1OC)C(C)N(C)CC2. The van der Waals surface area contributed by atoms with Crippen LogP contribution < -0.4 is 4.74 Å². The average molecular weight is 276 g/mol. The first-order chi connectivity index (χ1) is 9.60. The number of fused-ring (bicyclic) bond motifs is 1. The number of hydrogen-bond donors (Lipinski definition) is 0. The molecule has 1 aliphatic heterocycles. The molecule has 0 aliphatic carbocycles. The largest absolute Gasteiger partial charge is 0.496 e. The second-order valence-electron chi connectivity index (χ2n) is 5.73. The lowest BCUT2D eigenvalue weighted by Crippen LogP contribution is -2.30. The Kier molecular flexibility index (Phi) is 5.06. The van der Waals surface area contributed by atoms with Gasteiger partial charge in [0.1, 0.15) is 5.75 Å². The second kappa shape index (κ2) is 6.59. The molecule has 1 unspecified atom stereocenters. The van der Waals surface area contributed by atoms with Crippen molar-refractivity contribution in [1.82, 2.24) is 9.80 Å². The molecule has 0 amide bonds. The molecule has 1 aliphatic rings. The minimum absolute atomic E-state index is 0.482. The minimum Gasteiger partial charge on any atom is -0.496 e. The van der Waals surface area contributed by atoms with E-state index in [-0.39, 0.29) is 0 Å². The fraction of sp³-hybridized carbons (Fsp3) is 0.647. The fourth-order valence-electron chi connectivity index (χ4n) is 3.03. The molecule has 3 nitrogen and oxygen atoms in total. The highest BCUT2D eigenvalue weighted by Gasteiger charge is 2.23. The quantitative estimate of drug-likeness (QED) is 0.822. The molecule has 0 radical (unpaired) electrons. The van der Waals surface area contributed by atoms with Crippen LogP contribution in [-0.2, 0) is 13.0 Å². The summed E-state index contributed by atoms with van der Waals surface area (Å²) in [5, 5.41) is 0. The number of methoxy groups -OCH3 is 1. The van der Waals surface area contributed by atoms with Crippen LogP contribution in [0.5, 0.6) is 5.75 Å². The molecule has 3 heteroatoms. The molecule has 0 aromatic heterocycles. The lowest BCUT2D eigenvalue weighted by molar-refractivity contribution is 0.245. The molecule has 1 atom stereocenters. The summed E-state index contributed by atoms with van der Waals surface area (Å²) in [6.45, 7) is 11.0. The van der Waals surface area contributed by atoms with Crippen molar-refractivity contribution < 1.29 is 4.74 Å². The standard InChI is InChI=1S/C17H28N2O/c1-6-19(7-2)12-15-10-14-8-9-18(4)13(3)16(14)11-17(15)20-5/h10-11,13H,6-9,12H2,1-5H3. The Morgan fingerprint density at radius 1 is 1.30 bits per heavy atom. The summed E-state index contributed by atoms with van der Waals surface area (Å²) in [6.07, 6.45) is 1.14. The maximum absolute atomic E-state index is 5.64. The number of rotatable bonds is 5. The van der Waals surface area contributed by atoms with Crippen LogP contribution >= 0.6 is 0 Å². The Labute approximate surface area is 123 Å². The first-order valence-electron chi connectivity index (χ1n) is 7.72. The van der Waals surface area contributed by atoms with E-state index in [0.717, 1.165) is 38.3 Å². The Morgan fingerprint density at radius 3 is 2.60 bits per heavy atom. The summed E-state index contributed by atoms with van der Waals surface area (Å²) in [4.78, 5) is 4.84. The Morgan fingerprint density at radius 2 is 2.00 bits per heavy atom. The molecule has 112 valence electrons. The molecular formula is C17H28N2O. The zero-order valence-electron chi connectivity index (χ0n) is 13.6. The minimum atomic E-state index is 0.482. The van der Waals surface area contributed by atoms with Crippen LogP contribution in [-0.4, -0.2) is 43.6 Å². The molecule has 0 saturated heterocycles. The summed E-state index contributed by atoms with van der Waals surface area (Å²) in [5.41, 5.74) is 4.25. The topological polar surface area (TPSA) is 15.7 Å². The third kappa shape index (κ3) is 2.99. The van der Waals surface area contributed by atoms with Crippen LogP contribution in [0.15, 0.2) is 12.1 Å². The van der Waals surface area contributed by atoms with Gasteiger partial charge in [0.2, 0.25) is 0 Å². The lowest BCUT2D eigenvalue weighted by Gasteiger charge is -2.33. The third-order valence-corrected chi connectivity index (χ3v) is 4.68. The van der Waals surface area contributed by atoms with Gasteiger partial charge < -0.3 is 4.74 Å². The fourth-order valence-corrected chi connectivity index (χ4v) is 3.03. The van der Waals surface area contributed by atoms with Gasteiger partial charge in [-0.25, -0.2) is 0 Å². The van der Waals surface area contributed by atoms with Crippen LogP contribution in [0.4, 0.5) is 0 Å². The predicted molar refractivity (Wildman–Crippen MR) is 84.4 cm³/mol. The van der Waals surface area contributed by atoms with Gasteiger partial charge in [-0.1, -0.05) is 19.9 Å². The summed E-state index contributed by atoms with van der Waals surface area (Å²) < 4.78 is 5.64. The van der Waals surface area contributed by atoms with E-state index in [4.69, 9.17) is 4.74 Å². The Bertz CT molecular complexity index is 455. The van der Waals surface area contributed by atoms with Crippen LogP contribution in [0.1, 0.15) is 43.5 Å². The van der Waals surface area contributed by atoms with Gasteiger partial charge in [-0.2, -0.15) is 0 Å². The third-order valence-electron chi connectivity index (χ3n) is 4.68. The monoisotopic (exact) mass is 276 g/mol. The van der Waals surface area contributed by atoms with Gasteiger partial charge in [0.15, 0.2) is 0 Å². The highest BCUT2D eigenvalue weighted by Crippen LogP contribution is 2.34. The van der Waals surface area contributed by atoms with E-state index in [1.807, 2.05) is 0 Å². The first-order valence-corrected chi connectivity index (χ1v) is 7.72. The molecule has 1 heterocycles. The van der Waals surface area contributed by atoms with Gasteiger partial charge in [-0.3, -0.25) is 9.80 Å². The maximum atomic E-state index is 5.64. The van der Waals surface area contributed by atoms with Gasteiger partial charge >= 0.3 is 0 Å². The van der Waals surface area contributed by atoms with E-state index < -0.39 is 0 Å². The average Bonchev–Trinajstić information content (AvgIpc) is 2.48. The van der Waals surface area contributed by atoms with Gasteiger partial charge in [0, 0.05) is 24.7 Å². The van der Waals surface area contributed by atoms with Crippen LogP contribution in [0, 0.1) is 0 Å². The zero-order chi connectivity index (χ0) is 14.7. The van der Waals surface area contributed by atoms with E-state index in [9.17, 15) is 0 Å². The second-order valence-corrected chi connectivity index (χ2v) is 5.73. The number of benzene rings is 1. The van der Waals surface area contributed by atoms with Gasteiger partial charge in [0.05, 0.1) is 7.11 Å². The van der Waals surface area contributed by atoms with E-state index in [2.05, 4.69) is 49.8 Å². The van der Waals surface area contributed by atoms with Crippen molar-refractivity contribution in [3.8, 4) is 5.75 Å². The predicted octanol–water partition coefficient (Wildman–Crippen LogP) is 3.09. The number of likely N-dealkylation sites (N-methyl/N-ethyl adjacent to an activating group) is 1. The molecule has 0 bridgehead atoms. The normalized spacial score (nSPS) is 19.2. The van der Waals surface area contributed by atoms with E-state index in [1.54, 1.807) is 7.11 Å². The highest BCUT2D eigenvalue weighted by molar-refractivity contribution is 5.45. The van der Waals surface area contributed by atoms with Crippen molar-refractivity contribution in [1.29, 1.82) is 0 Å². The highest BCUT2D eigenvalue weighted by atomic mass is 16.5. The van der Waals surface area contributed by atoms with E-state index >= 15 is 0 Å². The van der Waals surface area contributed by atoms with Gasteiger partial charge in [-0.05, 0) is 50.7 Å². The van der Waals surface area contributed by atoms with Crippen molar-refractivity contribution in [2.24, 2.45) is 0 Å². The van der Waals surface area contributed by atoms with E-state index in [0.29, 0.717) is 6.04 Å². The molecule has 2 rings (SSSR count). The molecule has 20 heavy (non-hydrogen) atoms. The van der Waals surface area contributed by atoms with Crippen LogP contribution in [0.2, 0.25) is 0 Å². The van der Waals surface area contributed by atoms with Gasteiger partial charge in [0.25, 0.3) is 0 Å². The summed E-state index contributed by atoms with van der Waals surface area (Å²) in [6, 6.07) is 5.11. The number of ether oxygens (including phenoxy) is 1. The molecule has 0 spiro atoms. The maximum Gasteiger partial charge on any atom is 0.123 e. The van der Waals surface area contributed by atoms with Crippen molar-refractivity contribution in [2.75, 3.05) is 33.8 Å². The Balaban J connectivity index is 2.34. The molecule has 1 aromatic carbocycles. The van der Waals surface area contributed by atoms with Crippen molar-refractivity contribution in [3.05, 3.63) is 28.8 Å². The van der Waals surface area contributed by atoms with E-state index in [1.165, 1.54) is 16.7 Å². The number of hydrogen-bond acceptors (Lipinski definition) is 3. The van der Waals surface area contributed by atoms with Crippen LogP contribution in [0.25, 0.3) is 0 Å². The molecule has 1 aromatic rings. The zero-order valence-corrected chi connectivity index (χ0v) is 13.6. The van der Waals surface area contributed by atoms with Crippen molar-refractivity contribution in [3.63, 3.8) is 0 Å². The molecule has 0 saturated carbocycles. The molecular weight excluding hydrogens is 248 g/mol. The first kappa shape index (κ1) is 15.3. The van der Waals surface area contributed by atoms with Gasteiger partial charge in [-0.15, -0.1) is 0 Å². The lowest BCUT2D eigenvalue weighted by atomic mass is 9.91. The summed E-state index contributed by atoms with van der Waals surface area (Å²) in [5.74, 6) is 1.04. The molecule has 0 N–H and O–H groups in total. The van der Waals surface area contributed by atoms with Crippen LogP contribution in [0.3, 0.4) is 0 Å². The smallest absolute Gasteiger partial charge is 0.123 e. The Hall–Kier alpha value is -1.06. The molecule has 0 fully saturated rings. The van der Waals surface area contributed by atoms with Crippen molar-refractivity contribution in [2.45, 2.75) is 39.8 Å².